The minimum absolute atomic E-state index is 0.0237. The number of carbonyl (C=O) groups excluding carboxylic acids is 1. The average molecular weight is 293 g/mol. The molecule has 0 saturated carbocycles. The van der Waals surface area contributed by atoms with Gasteiger partial charge in [-0.1, -0.05) is 0 Å². The molecule has 1 atom stereocenters. The molecule has 0 bridgehead atoms. The normalized spacial score (nSPS) is 19.2. The molecule has 0 aliphatic carbocycles. The highest BCUT2D eigenvalue weighted by atomic mass is 16.6. The van der Waals surface area contributed by atoms with Crippen molar-refractivity contribution in [1.82, 2.24) is 14.9 Å². The number of likely N-dealkylation sites (tertiary alicyclic amines) is 1. The van der Waals surface area contributed by atoms with Gasteiger partial charge in [0.2, 0.25) is 5.88 Å². The van der Waals surface area contributed by atoms with Crippen LogP contribution in [-0.2, 0) is 4.74 Å². The third-order valence-electron chi connectivity index (χ3n) is 3.22. The van der Waals surface area contributed by atoms with E-state index in [1.54, 1.807) is 23.5 Å². The molecule has 0 aromatic carbocycles. The van der Waals surface area contributed by atoms with Crippen LogP contribution in [-0.4, -0.2) is 45.8 Å². The summed E-state index contributed by atoms with van der Waals surface area (Å²) in [4.78, 5) is 22.1. The lowest BCUT2D eigenvalue weighted by Crippen LogP contribution is -2.48. The van der Waals surface area contributed by atoms with Crippen molar-refractivity contribution in [3.8, 4) is 5.88 Å². The van der Waals surface area contributed by atoms with Crippen molar-refractivity contribution in [2.24, 2.45) is 0 Å². The quantitative estimate of drug-likeness (QED) is 0.857. The molecule has 1 aliphatic heterocycles. The van der Waals surface area contributed by atoms with Gasteiger partial charge < -0.3 is 14.4 Å². The molecule has 0 radical (unpaired) electrons. The number of ether oxygens (including phenoxy) is 2. The van der Waals surface area contributed by atoms with Gasteiger partial charge in [0.05, 0.1) is 12.2 Å². The predicted molar refractivity (Wildman–Crippen MR) is 78.1 cm³/mol. The van der Waals surface area contributed by atoms with Crippen molar-refractivity contribution in [3.63, 3.8) is 0 Å². The molecule has 0 spiro atoms. The predicted octanol–water partition coefficient (Wildman–Crippen LogP) is 2.65. The summed E-state index contributed by atoms with van der Waals surface area (Å²) < 4.78 is 11.1. The molecule has 6 nitrogen and oxygen atoms in total. The molecule has 1 aliphatic rings. The van der Waals surface area contributed by atoms with E-state index in [2.05, 4.69) is 9.97 Å². The van der Waals surface area contributed by atoms with Crippen molar-refractivity contribution in [2.45, 2.75) is 51.7 Å². The zero-order valence-electron chi connectivity index (χ0n) is 12.9. The van der Waals surface area contributed by atoms with E-state index in [4.69, 9.17) is 9.47 Å². The minimum atomic E-state index is -0.481. The van der Waals surface area contributed by atoms with Crippen LogP contribution in [0.1, 0.15) is 40.0 Å². The van der Waals surface area contributed by atoms with Crippen molar-refractivity contribution in [1.29, 1.82) is 0 Å². The van der Waals surface area contributed by atoms with Crippen LogP contribution in [0.3, 0.4) is 0 Å². The SMILES string of the molecule is CC(C)(C)OC(=O)N1CCCC[C@H]1COc1cnccn1. The Balaban J connectivity index is 1.94. The summed E-state index contributed by atoms with van der Waals surface area (Å²) in [5.74, 6) is 0.479. The fraction of sp³-hybridized carbons (Fsp3) is 0.667. The van der Waals surface area contributed by atoms with Gasteiger partial charge in [-0.3, -0.25) is 4.98 Å². The van der Waals surface area contributed by atoms with E-state index in [9.17, 15) is 4.79 Å². The number of aromatic nitrogens is 2. The number of piperidine rings is 1. The van der Waals surface area contributed by atoms with Crippen LogP contribution in [0.2, 0.25) is 0 Å². The second-order valence-electron chi connectivity index (χ2n) is 6.18. The summed E-state index contributed by atoms with van der Waals surface area (Å²) in [5.41, 5.74) is -0.481. The Morgan fingerprint density at radius 2 is 2.19 bits per heavy atom. The zero-order valence-corrected chi connectivity index (χ0v) is 12.9. The molecule has 0 N–H and O–H groups in total. The maximum atomic E-state index is 12.3. The summed E-state index contributed by atoms with van der Waals surface area (Å²) in [6.07, 6.45) is 7.49. The summed E-state index contributed by atoms with van der Waals surface area (Å²) in [7, 11) is 0. The lowest BCUT2D eigenvalue weighted by molar-refractivity contribution is 0.00333. The molecule has 6 heteroatoms. The molecule has 0 unspecified atom stereocenters. The first-order chi connectivity index (χ1) is 9.96. The topological polar surface area (TPSA) is 64.5 Å². The molecule has 1 fully saturated rings. The van der Waals surface area contributed by atoms with Gasteiger partial charge in [0.1, 0.15) is 12.2 Å². The summed E-state index contributed by atoms with van der Waals surface area (Å²) >= 11 is 0. The number of hydrogen-bond donors (Lipinski definition) is 0. The smallest absolute Gasteiger partial charge is 0.410 e. The molecule has 2 heterocycles. The van der Waals surface area contributed by atoms with E-state index in [0.29, 0.717) is 19.0 Å². The Morgan fingerprint density at radius 1 is 1.38 bits per heavy atom. The Morgan fingerprint density at radius 3 is 2.86 bits per heavy atom. The number of amides is 1. The van der Waals surface area contributed by atoms with Gasteiger partial charge in [-0.05, 0) is 40.0 Å². The summed E-state index contributed by atoms with van der Waals surface area (Å²) in [5, 5.41) is 0. The van der Waals surface area contributed by atoms with Gasteiger partial charge in [0.15, 0.2) is 0 Å². The minimum Gasteiger partial charge on any atom is -0.474 e. The van der Waals surface area contributed by atoms with Crippen LogP contribution in [0.4, 0.5) is 4.79 Å². The van der Waals surface area contributed by atoms with Gasteiger partial charge >= 0.3 is 6.09 Å². The highest BCUT2D eigenvalue weighted by Crippen LogP contribution is 2.21. The van der Waals surface area contributed by atoms with E-state index in [0.717, 1.165) is 19.3 Å². The van der Waals surface area contributed by atoms with Gasteiger partial charge in [-0.2, -0.15) is 0 Å². The Labute approximate surface area is 125 Å². The average Bonchev–Trinajstić information content (AvgIpc) is 2.45. The molecule has 1 saturated heterocycles. The lowest BCUT2D eigenvalue weighted by atomic mass is 10.0. The van der Waals surface area contributed by atoms with Gasteiger partial charge in [-0.15, -0.1) is 0 Å². The molecular formula is C15H23N3O3. The van der Waals surface area contributed by atoms with E-state index in [1.165, 1.54) is 0 Å². The monoisotopic (exact) mass is 293 g/mol. The highest BCUT2D eigenvalue weighted by molar-refractivity contribution is 5.68. The lowest BCUT2D eigenvalue weighted by Gasteiger charge is -2.36. The summed E-state index contributed by atoms with van der Waals surface area (Å²) in [6, 6.07) is 0.0237. The van der Waals surface area contributed by atoms with Gasteiger partial charge in [0.25, 0.3) is 0 Å². The molecule has 21 heavy (non-hydrogen) atoms. The van der Waals surface area contributed by atoms with Crippen molar-refractivity contribution in [3.05, 3.63) is 18.6 Å². The first-order valence-electron chi connectivity index (χ1n) is 7.34. The highest BCUT2D eigenvalue weighted by Gasteiger charge is 2.30. The van der Waals surface area contributed by atoms with E-state index in [-0.39, 0.29) is 12.1 Å². The van der Waals surface area contributed by atoms with Crippen LogP contribution in [0, 0.1) is 0 Å². The van der Waals surface area contributed by atoms with E-state index >= 15 is 0 Å². The van der Waals surface area contributed by atoms with Crippen molar-refractivity contribution in [2.75, 3.05) is 13.2 Å². The maximum Gasteiger partial charge on any atom is 0.410 e. The van der Waals surface area contributed by atoms with Crippen LogP contribution in [0.25, 0.3) is 0 Å². The van der Waals surface area contributed by atoms with Crippen LogP contribution >= 0.6 is 0 Å². The second-order valence-corrected chi connectivity index (χ2v) is 6.18. The molecule has 2 rings (SSSR count). The third kappa shape index (κ3) is 4.88. The molecular weight excluding hydrogens is 270 g/mol. The van der Waals surface area contributed by atoms with E-state index in [1.807, 2.05) is 20.8 Å². The first-order valence-corrected chi connectivity index (χ1v) is 7.34. The maximum absolute atomic E-state index is 12.3. The third-order valence-corrected chi connectivity index (χ3v) is 3.22. The molecule has 116 valence electrons. The fourth-order valence-corrected chi connectivity index (χ4v) is 2.28. The Bertz CT molecular complexity index is 459. The Kier molecular flexibility index (Phi) is 4.98. The molecule has 1 aromatic rings. The van der Waals surface area contributed by atoms with Crippen LogP contribution in [0.15, 0.2) is 18.6 Å². The van der Waals surface area contributed by atoms with E-state index < -0.39 is 5.60 Å². The number of nitrogens with zero attached hydrogens (tertiary/aromatic N) is 3. The Hall–Kier alpha value is -1.85. The molecule has 1 aromatic heterocycles. The number of rotatable bonds is 3. The second kappa shape index (κ2) is 6.74. The summed E-state index contributed by atoms with van der Waals surface area (Å²) in [6.45, 7) is 6.75. The van der Waals surface area contributed by atoms with Crippen LogP contribution < -0.4 is 4.74 Å². The number of carbonyl (C=O) groups is 1. The van der Waals surface area contributed by atoms with Crippen molar-refractivity contribution >= 4 is 6.09 Å². The zero-order chi connectivity index (χ0) is 15.3. The first kappa shape index (κ1) is 15.5. The molecule has 1 amide bonds. The number of hydrogen-bond acceptors (Lipinski definition) is 5. The largest absolute Gasteiger partial charge is 0.474 e. The van der Waals surface area contributed by atoms with Gasteiger partial charge in [0, 0.05) is 18.9 Å². The fourth-order valence-electron chi connectivity index (χ4n) is 2.28. The van der Waals surface area contributed by atoms with Crippen LogP contribution in [0.5, 0.6) is 5.88 Å². The van der Waals surface area contributed by atoms with Gasteiger partial charge in [-0.25, -0.2) is 9.78 Å². The standard InChI is InChI=1S/C15H23N3O3/c1-15(2,3)21-14(19)18-9-5-4-6-12(18)11-20-13-10-16-7-8-17-13/h7-8,10,12H,4-6,9,11H2,1-3H3/t12-/m0/s1. The van der Waals surface area contributed by atoms with Crippen molar-refractivity contribution < 1.29 is 14.3 Å².